The summed E-state index contributed by atoms with van der Waals surface area (Å²) in [7, 11) is 0. The van der Waals surface area contributed by atoms with Crippen LogP contribution in [0, 0.1) is 5.92 Å². The van der Waals surface area contributed by atoms with Gasteiger partial charge in [0.2, 0.25) is 0 Å². The van der Waals surface area contributed by atoms with Gasteiger partial charge < -0.3 is 0 Å². The predicted molar refractivity (Wildman–Crippen MR) is 58.9 cm³/mol. The fourth-order valence-electron chi connectivity index (χ4n) is 2.39. The molecule has 0 N–H and O–H groups in total. The van der Waals surface area contributed by atoms with Crippen molar-refractivity contribution in [2.45, 2.75) is 65.5 Å². The summed E-state index contributed by atoms with van der Waals surface area (Å²) < 4.78 is 0. The molecule has 1 atom stereocenters. The zero-order valence-electron chi connectivity index (χ0n) is 9.71. The van der Waals surface area contributed by atoms with Crippen LogP contribution >= 0.6 is 0 Å². The SMILES string of the molecule is CC.CC(C)C1CCCN1C1CC1. The van der Waals surface area contributed by atoms with E-state index in [4.69, 9.17) is 0 Å². The Labute approximate surface area is 83.5 Å². The number of rotatable bonds is 2. The summed E-state index contributed by atoms with van der Waals surface area (Å²) in [5.74, 6) is 0.873. The van der Waals surface area contributed by atoms with Gasteiger partial charge in [0.25, 0.3) is 0 Å². The lowest BCUT2D eigenvalue weighted by molar-refractivity contribution is 0.197. The zero-order chi connectivity index (χ0) is 9.84. The van der Waals surface area contributed by atoms with Gasteiger partial charge in [-0.3, -0.25) is 4.90 Å². The van der Waals surface area contributed by atoms with Gasteiger partial charge in [-0.2, -0.15) is 0 Å². The van der Waals surface area contributed by atoms with Gasteiger partial charge in [-0.25, -0.2) is 0 Å². The van der Waals surface area contributed by atoms with E-state index >= 15 is 0 Å². The molecule has 0 aromatic heterocycles. The Hall–Kier alpha value is -0.0400. The lowest BCUT2D eigenvalue weighted by Crippen LogP contribution is -2.34. The van der Waals surface area contributed by atoms with Crippen LogP contribution in [0.1, 0.15) is 53.4 Å². The first-order valence-electron chi connectivity index (χ1n) is 6.05. The molecule has 2 aliphatic rings. The molecule has 0 aromatic carbocycles. The van der Waals surface area contributed by atoms with Crippen LogP contribution in [0.15, 0.2) is 0 Å². The molecule has 0 aromatic rings. The molecule has 0 bridgehead atoms. The van der Waals surface area contributed by atoms with Gasteiger partial charge in [-0.05, 0) is 38.1 Å². The van der Waals surface area contributed by atoms with Crippen LogP contribution in [-0.2, 0) is 0 Å². The van der Waals surface area contributed by atoms with E-state index in [1.807, 2.05) is 13.8 Å². The topological polar surface area (TPSA) is 3.24 Å². The molecule has 1 saturated heterocycles. The molecule has 2 rings (SSSR count). The molecule has 13 heavy (non-hydrogen) atoms. The van der Waals surface area contributed by atoms with Crippen molar-refractivity contribution in [3.63, 3.8) is 0 Å². The molecule has 2 fully saturated rings. The Morgan fingerprint density at radius 3 is 2.15 bits per heavy atom. The molecule has 78 valence electrons. The normalized spacial score (nSPS) is 28.8. The Morgan fingerprint density at radius 2 is 1.69 bits per heavy atom. The highest BCUT2D eigenvalue weighted by Crippen LogP contribution is 2.35. The highest BCUT2D eigenvalue weighted by molar-refractivity contribution is 4.93. The molecule has 0 radical (unpaired) electrons. The highest BCUT2D eigenvalue weighted by atomic mass is 15.2. The van der Waals surface area contributed by atoms with Crippen molar-refractivity contribution >= 4 is 0 Å². The van der Waals surface area contributed by atoms with Gasteiger partial charge >= 0.3 is 0 Å². The predicted octanol–water partition coefficient (Wildman–Crippen LogP) is 3.30. The van der Waals surface area contributed by atoms with Crippen LogP contribution in [-0.4, -0.2) is 23.5 Å². The molecule has 1 aliphatic carbocycles. The lowest BCUT2D eigenvalue weighted by atomic mass is 10.0. The van der Waals surface area contributed by atoms with E-state index < -0.39 is 0 Å². The standard InChI is InChI=1S/C10H19N.C2H6/c1-8(2)10-4-3-7-11(10)9-5-6-9;1-2/h8-10H,3-7H2,1-2H3;1-2H3. The van der Waals surface area contributed by atoms with Gasteiger partial charge in [-0.1, -0.05) is 27.7 Å². The second-order valence-electron chi connectivity index (χ2n) is 4.42. The largest absolute Gasteiger partial charge is 0.297 e. The molecular weight excluding hydrogens is 158 g/mol. The molecule has 1 unspecified atom stereocenters. The maximum atomic E-state index is 2.75. The van der Waals surface area contributed by atoms with Crippen LogP contribution in [0.3, 0.4) is 0 Å². The number of likely N-dealkylation sites (tertiary alicyclic amines) is 1. The van der Waals surface area contributed by atoms with Gasteiger partial charge in [0.1, 0.15) is 0 Å². The second-order valence-corrected chi connectivity index (χ2v) is 4.42. The van der Waals surface area contributed by atoms with Crippen LogP contribution in [0.4, 0.5) is 0 Å². The van der Waals surface area contributed by atoms with E-state index in [0.717, 1.165) is 18.0 Å². The molecule has 1 saturated carbocycles. The number of nitrogens with zero attached hydrogens (tertiary/aromatic N) is 1. The zero-order valence-corrected chi connectivity index (χ0v) is 9.71. The smallest absolute Gasteiger partial charge is 0.0122 e. The summed E-state index contributed by atoms with van der Waals surface area (Å²) >= 11 is 0. The first-order chi connectivity index (χ1) is 6.29. The first-order valence-corrected chi connectivity index (χ1v) is 6.05. The van der Waals surface area contributed by atoms with Crippen molar-refractivity contribution in [1.29, 1.82) is 0 Å². The quantitative estimate of drug-likeness (QED) is 0.635. The third-order valence-corrected chi connectivity index (χ3v) is 3.13. The molecular formula is C12H25N. The maximum Gasteiger partial charge on any atom is 0.0122 e. The summed E-state index contributed by atoms with van der Waals surface area (Å²) in [6, 6.07) is 1.91. The van der Waals surface area contributed by atoms with Gasteiger partial charge in [0, 0.05) is 12.1 Å². The van der Waals surface area contributed by atoms with E-state index in [0.29, 0.717) is 0 Å². The van der Waals surface area contributed by atoms with Crippen molar-refractivity contribution in [1.82, 2.24) is 4.90 Å². The summed E-state index contributed by atoms with van der Waals surface area (Å²) in [5, 5.41) is 0. The lowest BCUT2D eigenvalue weighted by Gasteiger charge is -2.27. The van der Waals surface area contributed by atoms with E-state index in [2.05, 4.69) is 18.7 Å². The maximum absolute atomic E-state index is 2.75. The number of hydrogen-bond donors (Lipinski definition) is 0. The van der Waals surface area contributed by atoms with Crippen molar-refractivity contribution in [3.8, 4) is 0 Å². The molecule has 0 amide bonds. The van der Waals surface area contributed by atoms with E-state index in [9.17, 15) is 0 Å². The van der Waals surface area contributed by atoms with Gasteiger partial charge in [0.05, 0.1) is 0 Å². The highest BCUT2D eigenvalue weighted by Gasteiger charge is 2.37. The third-order valence-electron chi connectivity index (χ3n) is 3.13. The number of hydrogen-bond acceptors (Lipinski definition) is 1. The van der Waals surface area contributed by atoms with Crippen molar-refractivity contribution in [3.05, 3.63) is 0 Å². The fraction of sp³-hybridized carbons (Fsp3) is 1.00. The molecule has 0 spiro atoms. The summed E-state index contributed by atoms with van der Waals surface area (Å²) in [6.07, 6.45) is 5.85. The van der Waals surface area contributed by atoms with Crippen LogP contribution in [0.5, 0.6) is 0 Å². The third kappa shape index (κ3) is 2.70. The summed E-state index contributed by atoms with van der Waals surface area (Å²) in [5.41, 5.74) is 0. The Balaban J connectivity index is 0.000000396. The Morgan fingerprint density at radius 1 is 1.08 bits per heavy atom. The fourth-order valence-corrected chi connectivity index (χ4v) is 2.39. The minimum atomic E-state index is 0.873. The van der Waals surface area contributed by atoms with Crippen LogP contribution < -0.4 is 0 Å². The minimum Gasteiger partial charge on any atom is -0.297 e. The first kappa shape index (κ1) is 11.0. The summed E-state index contributed by atoms with van der Waals surface area (Å²) in [4.78, 5) is 2.75. The summed E-state index contributed by atoms with van der Waals surface area (Å²) in [6.45, 7) is 10.1. The van der Waals surface area contributed by atoms with E-state index in [1.165, 1.54) is 32.2 Å². The molecule has 1 heterocycles. The Bertz CT molecular complexity index is 130. The van der Waals surface area contributed by atoms with Crippen molar-refractivity contribution in [2.75, 3.05) is 6.54 Å². The van der Waals surface area contributed by atoms with Gasteiger partial charge in [0.15, 0.2) is 0 Å². The van der Waals surface area contributed by atoms with Crippen LogP contribution in [0.25, 0.3) is 0 Å². The van der Waals surface area contributed by atoms with E-state index in [1.54, 1.807) is 0 Å². The van der Waals surface area contributed by atoms with Gasteiger partial charge in [-0.15, -0.1) is 0 Å². The monoisotopic (exact) mass is 183 g/mol. The average Bonchev–Trinajstić information content (AvgIpc) is 2.86. The van der Waals surface area contributed by atoms with Crippen molar-refractivity contribution in [2.24, 2.45) is 5.92 Å². The van der Waals surface area contributed by atoms with Crippen LogP contribution in [0.2, 0.25) is 0 Å². The molecule has 1 heteroatoms. The van der Waals surface area contributed by atoms with Crippen molar-refractivity contribution < 1.29 is 0 Å². The second kappa shape index (κ2) is 4.99. The minimum absolute atomic E-state index is 0.873. The molecule has 1 nitrogen and oxygen atoms in total. The average molecular weight is 183 g/mol. The molecule has 1 aliphatic heterocycles. The van der Waals surface area contributed by atoms with E-state index in [-0.39, 0.29) is 0 Å². The Kier molecular flexibility index (Phi) is 4.24.